The molecule has 296 valence electrons. The van der Waals surface area contributed by atoms with Crippen LogP contribution in [0.1, 0.15) is 78.1 Å². The SMILES string of the molecule is C=C(C)C(=O)OCC(CO)(CO)CO.C=C(C)C(=O)OCC(CO)(CO)CO.O=C(O)CCCCCC(=O)O.O=C(O)CCCCCC(=O)O.[CaH2]. The summed E-state index contributed by atoms with van der Waals surface area (Å²) in [5.74, 6) is -4.49. The van der Waals surface area contributed by atoms with Gasteiger partial charge in [0.2, 0.25) is 0 Å². The summed E-state index contributed by atoms with van der Waals surface area (Å²) < 4.78 is 9.45. The van der Waals surface area contributed by atoms with Crippen molar-refractivity contribution in [2.75, 3.05) is 52.9 Å². The number of carboxylic acid groups (broad SMARTS) is 4. The zero-order valence-corrected chi connectivity index (χ0v) is 28.9. The number of carbonyl (C=O) groups is 6. The second-order valence-corrected chi connectivity index (χ2v) is 11.4. The van der Waals surface area contributed by atoms with Crippen molar-refractivity contribution in [1.82, 2.24) is 0 Å². The van der Waals surface area contributed by atoms with E-state index in [9.17, 15) is 28.8 Å². The third-order valence-electron chi connectivity index (χ3n) is 6.29. The van der Waals surface area contributed by atoms with Crippen LogP contribution in [-0.4, -0.2) is 177 Å². The average Bonchev–Trinajstić information content (AvgIpc) is 3.06. The first kappa shape index (κ1) is 57.7. The zero-order valence-electron chi connectivity index (χ0n) is 28.9. The molecule has 0 aromatic heterocycles. The molecule has 0 aliphatic carbocycles. The summed E-state index contributed by atoms with van der Waals surface area (Å²) >= 11 is 0. The monoisotopic (exact) mass is 770 g/mol. The Hall–Kier alpha value is -2.68. The first-order chi connectivity index (χ1) is 23.3. The van der Waals surface area contributed by atoms with Crippen molar-refractivity contribution in [3.63, 3.8) is 0 Å². The topological polar surface area (TPSA) is 323 Å². The van der Waals surface area contributed by atoms with Crippen LogP contribution in [-0.2, 0) is 38.2 Å². The molecule has 0 aromatic carbocycles. The van der Waals surface area contributed by atoms with Gasteiger partial charge in [0, 0.05) is 36.8 Å². The summed E-state index contributed by atoms with van der Waals surface area (Å²) in [7, 11) is 0. The number of hydrogen-bond acceptors (Lipinski definition) is 14. The van der Waals surface area contributed by atoms with Crippen LogP contribution in [0.25, 0.3) is 0 Å². The minimum atomic E-state index is -1.18. The van der Waals surface area contributed by atoms with Gasteiger partial charge in [-0.25, -0.2) is 9.59 Å². The number of aliphatic carboxylic acids is 4. The van der Waals surface area contributed by atoms with Gasteiger partial charge in [-0.15, -0.1) is 0 Å². The molecule has 0 aliphatic rings. The van der Waals surface area contributed by atoms with Crippen LogP contribution in [0.2, 0.25) is 0 Å². The summed E-state index contributed by atoms with van der Waals surface area (Å²) in [6.07, 6.45) is 4.20. The van der Waals surface area contributed by atoms with Crippen LogP contribution in [0.3, 0.4) is 0 Å². The zero-order chi connectivity index (χ0) is 39.8. The molecule has 0 heterocycles. The Balaban J connectivity index is -0.000000184. The molecule has 51 heavy (non-hydrogen) atoms. The number of rotatable bonds is 24. The van der Waals surface area contributed by atoms with Crippen molar-refractivity contribution in [2.45, 2.75) is 78.1 Å². The van der Waals surface area contributed by atoms with Gasteiger partial charge in [-0.3, -0.25) is 19.2 Å². The minimum absolute atomic E-state index is 0. The fourth-order valence-electron chi connectivity index (χ4n) is 2.72. The molecule has 0 radical (unpaired) electrons. The van der Waals surface area contributed by atoms with E-state index in [1.54, 1.807) is 0 Å². The summed E-state index contributed by atoms with van der Waals surface area (Å²) in [5.41, 5.74) is -1.89. The quantitative estimate of drug-likeness (QED) is 0.0254. The molecule has 0 saturated carbocycles. The molecule has 0 rings (SSSR count). The molecule has 0 amide bonds. The molecule has 0 aliphatic heterocycles. The van der Waals surface area contributed by atoms with Crippen LogP contribution in [0, 0.1) is 10.8 Å². The Morgan fingerprint density at radius 3 is 0.784 bits per heavy atom. The van der Waals surface area contributed by atoms with Gasteiger partial charge in [0.15, 0.2) is 0 Å². The van der Waals surface area contributed by atoms with Gasteiger partial charge in [-0.2, -0.15) is 0 Å². The van der Waals surface area contributed by atoms with Crippen molar-refractivity contribution in [3.05, 3.63) is 24.3 Å². The van der Waals surface area contributed by atoms with Crippen molar-refractivity contribution in [2.24, 2.45) is 10.8 Å². The third kappa shape index (κ3) is 36.9. The normalized spacial score (nSPS) is 10.2. The van der Waals surface area contributed by atoms with Gasteiger partial charge in [0.25, 0.3) is 0 Å². The van der Waals surface area contributed by atoms with Gasteiger partial charge in [-0.05, 0) is 39.5 Å². The van der Waals surface area contributed by atoms with Gasteiger partial charge < -0.3 is 60.5 Å². The molecular weight excluding hydrogens is 712 g/mol. The molecule has 0 bridgehead atoms. The number of ether oxygens (including phenoxy) is 2. The number of aliphatic hydroxyl groups excluding tert-OH is 6. The van der Waals surface area contributed by atoms with Crippen molar-refractivity contribution >= 4 is 73.6 Å². The van der Waals surface area contributed by atoms with Crippen molar-refractivity contribution in [1.29, 1.82) is 0 Å². The standard InChI is InChI=1S/2C9H16O5.2C7H12O4.Ca.2H/c2*1-7(2)8(13)14-6-9(3-10,4-11)5-12;2*8-6(9)4-2-1-3-5-7(10)11;;;/h2*10-12H,1,3-6H2,2H3;2*1-5H2,(H,8,9)(H,10,11);;;. The second-order valence-electron chi connectivity index (χ2n) is 11.4. The van der Waals surface area contributed by atoms with Crippen LogP contribution in [0.15, 0.2) is 24.3 Å². The first-order valence-electron chi connectivity index (χ1n) is 15.5. The number of carbonyl (C=O) groups excluding carboxylic acids is 2. The van der Waals surface area contributed by atoms with Crippen LogP contribution in [0.4, 0.5) is 0 Å². The van der Waals surface area contributed by atoms with E-state index in [1.165, 1.54) is 13.8 Å². The number of carboxylic acids is 4. The Labute approximate surface area is 327 Å². The number of hydrogen-bond donors (Lipinski definition) is 10. The van der Waals surface area contributed by atoms with Gasteiger partial charge >= 0.3 is 73.6 Å². The Morgan fingerprint density at radius 2 is 0.647 bits per heavy atom. The van der Waals surface area contributed by atoms with E-state index in [2.05, 4.69) is 13.2 Å². The Kier molecular flexibility index (Phi) is 40.4. The van der Waals surface area contributed by atoms with E-state index < -0.39 is 86.3 Å². The summed E-state index contributed by atoms with van der Waals surface area (Å²) in [5, 5.41) is 86.2. The molecule has 0 aromatic rings. The van der Waals surface area contributed by atoms with Gasteiger partial charge in [-0.1, -0.05) is 26.0 Å². The number of aliphatic hydroxyl groups is 6. The molecule has 0 spiro atoms. The number of unbranched alkanes of at least 4 members (excludes halogenated alkanes) is 4. The first-order valence-corrected chi connectivity index (χ1v) is 15.5. The predicted octanol–water partition coefficient (Wildman–Crippen LogP) is -0.566. The molecule has 10 N–H and O–H groups in total. The summed E-state index contributed by atoms with van der Waals surface area (Å²) in [6.45, 7) is 6.52. The maximum absolute atomic E-state index is 11.0. The second kappa shape index (κ2) is 35.7. The molecule has 0 saturated heterocycles. The molecule has 0 unspecified atom stereocenters. The van der Waals surface area contributed by atoms with Crippen molar-refractivity contribution < 1.29 is 89.3 Å². The molecule has 0 fully saturated rings. The summed E-state index contributed by atoms with van der Waals surface area (Å²) in [6, 6.07) is 0. The van der Waals surface area contributed by atoms with Crippen LogP contribution < -0.4 is 0 Å². The van der Waals surface area contributed by atoms with E-state index in [0.717, 1.165) is 0 Å². The number of esters is 2. The molecule has 0 atom stereocenters. The van der Waals surface area contributed by atoms with Gasteiger partial charge in [0.05, 0.1) is 50.5 Å². The van der Waals surface area contributed by atoms with E-state index in [0.29, 0.717) is 38.5 Å². The fraction of sp³-hybridized carbons (Fsp3) is 0.688. The Bertz CT molecular complexity index is 893. The third-order valence-corrected chi connectivity index (χ3v) is 6.29. The van der Waals surface area contributed by atoms with Gasteiger partial charge in [0.1, 0.15) is 13.2 Å². The van der Waals surface area contributed by atoms with E-state index in [-0.39, 0.29) is 87.8 Å². The van der Waals surface area contributed by atoms with E-state index in [1.807, 2.05) is 0 Å². The van der Waals surface area contributed by atoms with Crippen LogP contribution in [0.5, 0.6) is 0 Å². The maximum atomic E-state index is 11.0. The average molecular weight is 771 g/mol. The van der Waals surface area contributed by atoms with Crippen molar-refractivity contribution in [3.8, 4) is 0 Å². The fourth-order valence-corrected chi connectivity index (χ4v) is 2.72. The van der Waals surface area contributed by atoms with E-state index >= 15 is 0 Å². The summed E-state index contributed by atoms with van der Waals surface area (Å²) in [4.78, 5) is 61.9. The molecular formula is C32H58CaO18. The predicted molar refractivity (Wildman–Crippen MR) is 184 cm³/mol. The molecule has 19 heteroatoms. The van der Waals surface area contributed by atoms with E-state index in [4.69, 9.17) is 60.5 Å². The Morgan fingerprint density at radius 1 is 0.451 bits per heavy atom. The van der Waals surface area contributed by atoms with Crippen LogP contribution >= 0.6 is 0 Å². The molecule has 18 nitrogen and oxygen atoms in total.